The van der Waals surface area contributed by atoms with Crippen LogP contribution in [0.1, 0.15) is 24.5 Å². The highest BCUT2D eigenvalue weighted by Crippen LogP contribution is 2.22. The Morgan fingerprint density at radius 3 is 2.18 bits per heavy atom. The van der Waals surface area contributed by atoms with Crippen molar-refractivity contribution >= 4 is 21.6 Å². The number of aryl methyl sites for hydroxylation is 1. The number of amides is 1. The molecule has 0 aromatic heterocycles. The van der Waals surface area contributed by atoms with Crippen LogP contribution in [0.3, 0.4) is 0 Å². The van der Waals surface area contributed by atoms with Crippen molar-refractivity contribution in [2.45, 2.75) is 26.8 Å². The molecular weight excluding hydrogens is 376 g/mol. The summed E-state index contributed by atoms with van der Waals surface area (Å²) in [4.78, 5) is 14.2. The minimum absolute atomic E-state index is 0.254. The molecule has 1 amide bonds. The largest absolute Gasteiger partial charge is 0.494 e. The van der Waals surface area contributed by atoms with Crippen molar-refractivity contribution in [3.05, 3.63) is 59.7 Å². The zero-order chi connectivity index (χ0) is 20.7. The van der Waals surface area contributed by atoms with E-state index in [1.165, 1.54) is 4.90 Å². The minimum atomic E-state index is -3.61. The quantitative estimate of drug-likeness (QED) is 0.644. The zero-order valence-electron chi connectivity index (χ0n) is 16.9. The highest BCUT2D eigenvalue weighted by molar-refractivity contribution is 7.92. The summed E-state index contributed by atoms with van der Waals surface area (Å²) in [6.07, 6.45) is 1.99. The average Bonchev–Trinajstić information content (AvgIpc) is 2.65. The van der Waals surface area contributed by atoms with Crippen LogP contribution in [0, 0.1) is 6.92 Å². The molecule has 7 heteroatoms. The molecule has 2 rings (SSSR count). The van der Waals surface area contributed by atoms with Gasteiger partial charge in [-0.25, -0.2) is 8.42 Å². The molecular formula is C21H28N2O4S. The van der Waals surface area contributed by atoms with Crippen LogP contribution in [0.15, 0.2) is 48.5 Å². The van der Waals surface area contributed by atoms with E-state index in [1.807, 2.05) is 38.1 Å². The Kier molecular flexibility index (Phi) is 7.45. The van der Waals surface area contributed by atoms with E-state index in [0.29, 0.717) is 24.6 Å². The Bertz CT molecular complexity index is 878. The van der Waals surface area contributed by atoms with Gasteiger partial charge in [0.2, 0.25) is 15.9 Å². The molecule has 0 atom stereocenters. The fourth-order valence-electron chi connectivity index (χ4n) is 2.63. The van der Waals surface area contributed by atoms with Crippen molar-refractivity contribution in [3.8, 4) is 5.75 Å². The van der Waals surface area contributed by atoms with Gasteiger partial charge >= 0.3 is 0 Å². The summed E-state index contributed by atoms with van der Waals surface area (Å²) in [5, 5.41) is 0. The molecule has 0 aliphatic carbocycles. The van der Waals surface area contributed by atoms with Gasteiger partial charge in [0.1, 0.15) is 12.3 Å². The number of likely N-dealkylation sites (N-methyl/N-ethyl adjacent to an activating group) is 1. The maximum absolute atomic E-state index is 12.6. The number of benzene rings is 2. The van der Waals surface area contributed by atoms with Crippen LogP contribution in [-0.4, -0.2) is 45.7 Å². The van der Waals surface area contributed by atoms with E-state index in [1.54, 1.807) is 31.3 Å². The molecule has 0 unspecified atom stereocenters. The van der Waals surface area contributed by atoms with E-state index >= 15 is 0 Å². The number of hydrogen-bond donors (Lipinski definition) is 0. The normalized spacial score (nSPS) is 11.1. The first-order chi connectivity index (χ1) is 13.2. The van der Waals surface area contributed by atoms with E-state index < -0.39 is 10.0 Å². The van der Waals surface area contributed by atoms with E-state index in [9.17, 15) is 13.2 Å². The summed E-state index contributed by atoms with van der Waals surface area (Å²) in [7, 11) is -1.94. The van der Waals surface area contributed by atoms with Gasteiger partial charge in [0, 0.05) is 13.6 Å². The molecule has 0 N–H and O–H groups in total. The number of rotatable bonds is 9. The van der Waals surface area contributed by atoms with Crippen molar-refractivity contribution in [1.29, 1.82) is 0 Å². The topological polar surface area (TPSA) is 66.9 Å². The molecule has 152 valence electrons. The van der Waals surface area contributed by atoms with Crippen molar-refractivity contribution in [3.63, 3.8) is 0 Å². The second-order valence-electron chi connectivity index (χ2n) is 6.85. The van der Waals surface area contributed by atoms with Crippen LogP contribution in [-0.2, 0) is 21.4 Å². The Hall–Kier alpha value is -2.54. The first kappa shape index (κ1) is 21.8. The summed E-state index contributed by atoms with van der Waals surface area (Å²) in [5.74, 6) is 0.388. The molecule has 2 aromatic carbocycles. The van der Waals surface area contributed by atoms with Crippen LogP contribution in [0.4, 0.5) is 5.69 Å². The Labute approximate surface area is 167 Å². The van der Waals surface area contributed by atoms with Gasteiger partial charge in [0.15, 0.2) is 0 Å². The van der Waals surface area contributed by atoms with E-state index in [-0.39, 0.29) is 12.5 Å². The van der Waals surface area contributed by atoms with E-state index in [2.05, 4.69) is 0 Å². The molecule has 0 bridgehead atoms. The van der Waals surface area contributed by atoms with E-state index in [0.717, 1.165) is 28.1 Å². The number of carbonyl (C=O) groups excluding carboxylic acids is 1. The fourth-order valence-corrected chi connectivity index (χ4v) is 3.48. The molecule has 0 heterocycles. The fraction of sp³-hybridized carbons (Fsp3) is 0.381. The summed E-state index contributed by atoms with van der Waals surface area (Å²) >= 11 is 0. The second kappa shape index (κ2) is 9.59. The van der Waals surface area contributed by atoms with Crippen LogP contribution < -0.4 is 9.04 Å². The summed E-state index contributed by atoms with van der Waals surface area (Å²) < 4.78 is 31.2. The number of carbonyl (C=O) groups is 1. The lowest BCUT2D eigenvalue weighted by Gasteiger charge is -2.25. The van der Waals surface area contributed by atoms with Gasteiger partial charge in [-0.1, -0.05) is 36.8 Å². The summed E-state index contributed by atoms with van der Waals surface area (Å²) in [6, 6.07) is 14.6. The Morgan fingerprint density at radius 1 is 1.04 bits per heavy atom. The molecule has 0 fully saturated rings. The molecule has 0 radical (unpaired) electrons. The maximum Gasteiger partial charge on any atom is 0.243 e. The minimum Gasteiger partial charge on any atom is -0.494 e. The monoisotopic (exact) mass is 404 g/mol. The smallest absolute Gasteiger partial charge is 0.243 e. The first-order valence-corrected chi connectivity index (χ1v) is 11.1. The molecule has 6 nitrogen and oxygen atoms in total. The third-order valence-corrected chi connectivity index (χ3v) is 5.38. The molecule has 2 aromatic rings. The van der Waals surface area contributed by atoms with Crippen molar-refractivity contribution in [2.75, 3.05) is 30.8 Å². The lowest BCUT2D eigenvalue weighted by Crippen LogP contribution is -2.41. The lowest BCUT2D eigenvalue weighted by molar-refractivity contribution is -0.128. The van der Waals surface area contributed by atoms with Gasteiger partial charge in [0.25, 0.3) is 0 Å². The summed E-state index contributed by atoms with van der Waals surface area (Å²) in [5.41, 5.74) is 2.57. The van der Waals surface area contributed by atoms with E-state index in [4.69, 9.17) is 4.74 Å². The van der Waals surface area contributed by atoms with Gasteiger partial charge in [0.05, 0.1) is 18.6 Å². The zero-order valence-corrected chi connectivity index (χ0v) is 17.7. The number of hydrogen-bond acceptors (Lipinski definition) is 4. The number of sulfonamides is 1. The predicted molar refractivity (Wildman–Crippen MR) is 112 cm³/mol. The Morgan fingerprint density at radius 2 is 1.64 bits per heavy atom. The average molecular weight is 405 g/mol. The highest BCUT2D eigenvalue weighted by atomic mass is 32.2. The molecule has 0 spiro atoms. The third kappa shape index (κ3) is 6.27. The van der Waals surface area contributed by atoms with Crippen molar-refractivity contribution in [1.82, 2.24) is 4.90 Å². The van der Waals surface area contributed by atoms with Gasteiger partial charge in [-0.2, -0.15) is 0 Å². The second-order valence-corrected chi connectivity index (χ2v) is 8.75. The summed E-state index contributed by atoms with van der Waals surface area (Å²) in [6.45, 7) is 4.77. The predicted octanol–water partition coefficient (Wildman–Crippen LogP) is 3.21. The number of anilines is 1. The van der Waals surface area contributed by atoms with Gasteiger partial charge in [-0.05, 0) is 43.2 Å². The SMILES string of the molecule is CCCOc1ccc(N(CC(=O)N(C)Cc2ccc(C)cc2)S(C)(=O)=O)cc1. The lowest BCUT2D eigenvalue weighted by atomic mass is 10.1. The van der Waals surface area contributed by atoms with Crippen LogP contribution in [0.2, 0.25) is 0 Å². The van der Waals surface area contributed by atoms with Gasteiger partial charge < -0.3 is 9.64 Å². The molecule has 0 saturated carbocycles. The standard InChI is InChI=1S/C21H28N2O4S/c1-5-14-27-20-12-10-19(11-13-20)23(28(4,25)26)16-21(24)22(3)15-18-8-6-17(2)7-9-18/h6-13H,5,14-16H2,1-4H3. The maximum atomic E-state index is 12.6. The van der Waals surface area contributed by atoms with Crippen LogP contribution >= 0.6 is 0 Å². The van der Waals surface area contributed by atoms with Crippen LogP contribution in [0.5, 0.6) is 5.75 Å². The highest BCUT2D eigenvalue weighted by Gasteiger charge is 2.22. The van der Waals surface area contributed by atoms with Crippen LogP contribution in [0.25, 0.3) is 0 Å². The Balaban J connectivity index is 2.10. The van der Waals surface area contributed by atoms with Gasteiger partial charge in [-0.15, -0.1) is 0 Å². The third-order valence-electron chi connectivity index (χ3n) is 4.24. The van der Waals surface area contributed by atoms with Crippen molar-refractivity contribution in [2.24, 2.45) is 0 Å². The molecule has 0 saturated heterocycles. The molecule has 28 heavy (non-hydrogen) atoms. The molecule has 0 aliphatic rings. The number of nitrogens with zero attached hydrogens (tertiary/aromatic N) is 2. The first-order valence-electron chi connectivity index (χ1n) is 9.20. The van der Waals surface area contributed by atoms with Crippen molar-refractivity contribution < 1.29 is 17.9 Å². The number of ether oxygens (including phenoxy) is 1. The molecule has 0 aliphatic heterocycles. The van der Waals surface area contributed by atoms with Gasteiger partial charge in [-0.3, -0.25) is 9.10 Å².